The fourth-order valence-electron chi connectivity index (χ4n) is 2.68. The second-order valence-electron chi connectivity index (χ2n) is 6.66. The van der Waals surface area contributed by atoms with Crippen LogP contribution in [0.1, 0.15) is 16.7 Å². The first kappa shape index (κ1) is 22.1. The Kier molecular flexibility index (Phi) is 7.48. The first-order chi connectivity index (χ1) is 14.9. The second kappa shape index (κ2) is 10.5. The van der Waals surface area contributed by atoms with Gasteiger partial charge in [-0.2, -0.15) is 13.2 Å². The van der Waals surface area contributed by atoms with Crippen molar-refractivity contribution in [2.75, 3.05) is 13.2 Å². The van der Waals surface area contributed by atoms with Gasteiger partial charge in [-0.25, -0.2) is 4.98 Å². The molecule has 0 aliphatic heterocycles. The summed E-state index contributed by atoms with van der Waals surface area (Å²) in [5, 5.41) is 2.72. The van der Waals surface area contributed by atoms with Gasteiger partial charge in [0.25, 0.3) is 0 Å². The Bertz CT molecular complexity index is 960. The van der Waals surface area contributed by atoms with Gasteiger partial charge in [0.2, 0.25) is 11.8 Å². The maximum Gasteiger partial charge on any atom is 0.416 e. The Morgan fingerprint density at radius 3 is 2.19 bits per heavy atom. The van der Waals surface area contributed by atoms with Crippen LogP contribution in [0.25, 0.3) is 0 Å². The van der Waals surface area contributed by atoms with Crippen molar-refractivity contribution < 1.29 is 27.4 Å². The third-order valence-corrected chi connectivity index (χ3v) is 4.28. The van der Waals surface area contributed by atoms with Crippen molar-refractivity contribution in [3.05, 3.63) is 89.6 Å². The van der Waals surface area contributed by atoms with E-state index in [9.17, 15) is 18.0 Å². The molecule has 162 valence electrons. The number of rotatable bonds is 9. The molecule has 0 saturated carbocycles. The van der Waals surface area contributed by atoms with E-state index in [4.69, 9.17) is 9.47 Å². The lowest BCUT2D eigenvalue weighted by Gasteiger charge is -2.09. The number of hydrogen-bond donors (Lipinski definition) is 1. The lowest BCUT2D eigenvalue weighted by molar-refractivity contribution is -0.137. The fraction of sp³-hybridized carbons (Fsp3) is 0.217. The van der Waals surface area contributed by atoms with Crippen molar-refractivity contribution in [2.24, 2.45) is 0 Å². The zero-order chi connectivity index (χ0) is 22.1. The minimum atomic E-state index is -4.39. The number of alkyl halides is 3. The molecule has 3 rings (SSSR count). The van der Waals surface area contributed by atoms with Crippen molar-refractivity contribution in [3.8, 4) is 11.6 Å². The number of nitrogens with one attached hydrogen (secondary N) is 1. The Labute approximate surface area is 177 Å². The summed E-state index contributed by atoms with van der Waals surface area (Å²) in [5.74, 6) is 0.913. The van der Waals surface area contributed by atoms with Gasteiger partial charge in [0, 0.05) is 18.8 Å². The summed E-state index contributed by atoms with van der Waals surface area (Å²) in [7, 11) is 0. The standard InChI is InChI=1S/C23H21F3N2O3/c24-23(25,26)19-9-6-17(7-10-19)14-21(29)27-15-18-8-11-22(28-16-18)31-13-12-30-20-4-2-1-3-5-20/h1-11,16H,12-15H2,(H,27,29). The predicted octanol–water partition coefficient (Wildman–Crippen LogP) is 4.42. The molecule has 1 aromatic heterocycles. The van der Waals surface area contributed by atoms with Crippen LogP contribution >= 0.6 is 0 Å². The number of carbonyl (C=O) groups excluding carboxylic acids is 1. The molecular formula is C23H21F3N2O3. The lowest BCUT2D eigenvalue weighted by atomic mass is 10.1. The van der Waals surface area contributed by atoms with Gasteiger partial charge in [0.05, 0.1) is 12.0 Å². The second-order valence-corrected chi connectivity index (χ2v) is 6.66. The Hall–Kier alpha value is -3.55. The molecule has 0 radical (unpaired) electrons. The quantitative estimate of drug-likeness (QED) is 0.511. The number of hydrogen-bond acceptors (Lipinski definition) is 4. The number of benzene rings is 2. The molecule has 0 bridgehead atoms. The third kappa shape index (κ3) is 7.33. The first-order valence-electron chi connectivity index (χ1n) is 9.58. The highest BCUT2D eigenvalue weighted by molar-refractivity contribution is 5.78. The molecule has 3 aromatic rings. The van der Waals surface area contributed by atoms with Crippen LogP contribution in [0, 0.1) is 0 Å². The van der Waals surface area contributed by atoms with Gasteiger partial charge in [0.15, 0.2) is 0 Å². The number of aromatic nitrogens is 1. The molecule has 0 aliphatic rings. The number of carbonyl (C=O) groups is 1. The number of nitrogens with zero attached hydrogens (tertiary/aromatic N) is 1. The highest BCUT2D eigenvalue weighted by Gasteiger charge is 2.29. The number of halogens is 3. The summed E-state index contributed by atoms with van der Waals surface area (Å²) in [6, 6.07) is 17.4. The molecule has 31 heavy (non-hydrogen) atoms. The summed E-state index contributed by atoms with van der Waals surface area (Å²) < 4.78 is 48.8. The van der Waals surface area contributed by atoms with Gasteiger partial charge in [-0.05, 0) is 35.4 Å². The molecule has 0 saturated heterocycles. The zero-order valence-electron chi connectivity index (χ0n) is 16.6. The maximum absolute atomic E-state index is 12.6. The van der Waals surface area contributed by atoms with Crippen molar-refractivity contribution in [1.29, 1.82) is 0 Å². The summed E-state index contributed by atoms with van der Waals surface area (Å²) >= 11 is 0. The van der Waals surface area contributed by atoms with Crippen LogP contribution in [0.2, 0.25) is 0 Å². The molecule has 0 atom stereocenters. The van der Waals surface area contributed by atoms with E-state index in [1.165, 1.54) is 12.1 Å². The number of pyridine rings is 1. The van der Waals surface area contributed by atoms with Crippen molar-refractivity contribution >= 4 is 5.91 Å². The molecular weight excluding hydrogens is 409 g/mol. The van der Waals surface area contributed by atoms with E-state index >= 15 is 0 Å². The molecule has 1 heterocycles. The maximum atomic E-state index is 12.6. The molecule has 1 amide bonds. The fourth-order valence-corrected chi connectivity index (χ4v) is 2.68. The van der Waals surface area contributed by atoms with Gasteiger partial charge >= 0.3 is 6.18 Å². The molecule has 2 aromatic carbocycles. The van der Waals surface area contributed by atoms with Crippen molar-refractivity contribution in [2.45, 2.75) is 19.1 Å². The highest BCUT2D eigenvalue weighted by atomic mass is 19.4. The monoisotopic (exact) mass is 430 g/mol. The molecule has 0 aliphatic carbocycles. The van der Waals surface area contributed by atoms with E-state index < -0.39 is 11.7 Å². The van der Waals surface area contributed by atoms with Crippen LogP contribution in [-0.4, -0.2) is 24.1 Å². The number of amides is 1. The Morgan fingerprint density at radius 1 is 0.871 bits per heavy atom. The first-order valence-corrected chi connectivity index (χ1v) is 9.58. The minimum Gasteiger partial charge on any atom is -0.490 e. The van der Waals surface area contributed by atoms with E-state index in [2.05, 4.69) is 10.3 Å². The lowest BCUT2D eigenvalue weighted by Crippen LogP contribution is -2.24. The topological polar surface area (TPSA) is 60.5 Å². The summed E-state index contributed by atoms with van der Waals surface area (Å²) in [6.07, 6.45) is -2.81. The summed E-state index contributed by atoms with van der Waals surface area (Å²) in [4.78, 5) is 16.2. The van der Waals surface area contributed by atoms with E-state index in [1.807, 2.05) is 30.3 Å². The summed E-state index contributed by atoms with van der Waals surface area (Å²) in [6.45, 7) is 0.975. The van der Waals surface area contributed by atoms with Crippen molar-refractivity contribution in [1.82, 2.24) is 10.3 Å². The highest BCUT2D eigenvalue weighted by Crippen LogP contribution is 2.29. The zero-order valence-corrected chi connectivity index (χ0v) is 16.6. The van der Waals surface area contributed by atoms with Gasteiger partial charge in [-0.1, -0.05) is 36.4 Å². The average molecular weight is 430 g/mol. The van der Waals surface area contributed by atoms with E-state index in [0.717, 1.165) is 23.4 Å². The SMILES string of the molecule is O=C(Cc1ccc(C(F)(F)F)cc1)NCc1ccc(OCCOc2ccccc2)nc1. The molecule has 0 unspecified atom stereocenters. The van der Waals surface area contributed by atoms with Crippen molar-refractivity contribution in [3.63, 3.8) is 0 Å². The minimum absolute atomic E-state index is 0.00578. The van der Waals surface area contributed by atoms with E-state index in [-0.39, 0.29) is 18.9 Å². The molecule has 5 nitrogen and oxygen atoms in total. The van der Waals surface area contributed by atoms with Crippen LogP contribution < -0.4 is 14.8 Å². The van der Waals surface area contributed by atoms with Crippen LogP contribution in [0.5, 0.6) is 11.6 Å². The smallest absolute Gasteiger partial charge is 0.416 e. The van der Waals surface area contributed by atoms with Gasteiger partial charge in [-0.3, -0.25) is 4.79 Å². The Morgan fingerprint density at radius 2 is 1.55 bits per heavy atom. The number of para-hydroxylation sites is 1. The molecule has 8 heteroatoms. The number of ether oxygens (including phenoxy) is 2. The average Bonchev–Trinajstić information content (AvgIpc) is 2.76. The summed E-state index contributed by atoms with van der Waals surface area (Å²) in [5.41, 5.74) is 0.537. The third-order valence-electron chi connectivity index (χ3n) is 4.28. The van der Waals surface area contributed by atoms with Crippen LogP contribution in [0.3, 0.4) is 0 Å². The van der Waals surface area contributed by atoms with Crippen LogP contribution in [0.15, 0.2) is 72.9 Å². The van der Waals surface area contributed by atoms with Crippen LogP contribution in [0.4, 0.5) is 13.2 Å². The molecule has 0 spiro atoms. The van der Waals surface area contributed by atoms with E-state index in [0.29, 0.717) is 24.7 Å². The molecule has 1 N–H and O–H groups in total. The largest absolute Gasteiger partial charge is 0.490 e. The van der Waals surface area contributed by atoms with Crippen LogP contribution in [-0.2, 0) is 23.9 Å². The Balaban J connectivity index is 1.38. The van der Waals surface area contributed by atoms with Gasteiger partial charge in [0.1, 0.15) is 19.0 Å². The van der Waals surface area contributed by atoms with E-state index in [1.54, 1.807) is 18.3 Å². The predicted molar refractivity (Wildman–Crippen MR) is 109 cm³/mol. The van der Waals surface area contributed by atoms with Gasteiger partial charge < -0.3 is 14.8 Å². The van der Waals surface area contributed by atoms with Gasteiger partial charge in [-0.15, -0.1) is 0 Å². The molecule has 0 fully saturated rings. The normalized spacial score (nSPS) is 11.1.